The van der Waals surface area contributed by atoms with Crippen LogP contribution in [-0.2, 0) is 10.0 Å². The number of nitro groups is 1. The van der Waals surface area contributed by atoms with Crippen LogP contribution in [-0.4, -0.2) is 30.2 Å². The lowest BCUT2D eigenvalue weighted by molar-refractivity contribution is -0.385. The molecule has 0 unspecified atom stereocenters. The van der Waals surface area contributed by atoms with E-state index in [1.54, 1.807) is 6.92 Å². The van der Waals surface area contributed by atoms with Crippen LogP contribution in [0.5, 0.6) is 0 Å². The summed E-state index contributed by atoms with van der Waals surface area (Å²) in [5.41, 5.74) is 2.14. The Morgan fingerprint density at radius 2 is 2.15 bits per heavy atom. The summed E-state index contributed by atoms with van der Waals surface area (Å²) in [7, 11) is -3.80. The molecule has 8 nitrogen and oxygen atoms in total. The Bertz CT molecular complexity index is 627. The molecule has 0 spiro atoms. The Labute approximate surface area is 116 Å². The molecule has 1 saturated carbocycles. The maximum absolute atomic E-state index is 12.6. The number of non-ortho nitro benzene ring substituents is 1. The van der Waals surface area contributed by atoms with Gasteiger partial charge in [0.15, 0.2) is 0 Å². The molecule has 1 fully saturated rings. The smallest absolute Gasteiger partial charge is 0.270 e. The molecule has 0 radical (unpaired) electrons. The molecular formula is C11H16N4O4S. The van der Waals surface area contributed by atoms with Crippen LogP contribution in [0, 0.1) is 10.1 Å². The van der Waals surface area contributed by atoms with Crippen molar-refractivity contribution in [2.24, 2.45) is 5.84 Å². The van der Waals surface area contributed by atoms with E-state index in [0.29, 0.717) is 6.54 Å². The van der Waals surface area contributed by atoms with Crippen molar-refractivity contribution in [2.75, 3.05) is 12.0 Å². The summed E-state index contributed by atoms with van der Waals surface area (Å²) in [6.07, 6.45) is 1.63. The third kappa shape index (κ3) is 2.60. The predicted octanol–water partition coefficient (Wildman–Crippen LogP) is 1.05. The van der Waals surface area contributed by atoms with Crippen molar-refractivity contribution < 1.29 is 13.3 Å². The average molecular weight is 300 g/mol. The van der Waals surface area contributed by atoms with Crippen LogP contribution in [0.25, 0.3) is 0 Å². The zero-order chi connectivity index (χ0) is 14.9. The fourth-order valence-electron chi connectivity index (χ4n) is 2.07. The number of nitrogen functional groups attached to an aromatic ring is 1. The molecule has 0 amide bonds. The molecule has 0 heterocycles. The van der Waals surface area contributed by atoms with E-state index >= 15 is 0 Å². The Morgan fingerprint density at radius 3 is 2.60 bits per heavy atom. The zero-order valence-electron chi connectivity index (χ0n) is 10.9. The number of hydrazine groups is 1. The third-order valence-electron chi connectivity index (χ3n) is 3.18. The van der Waals surface area contributed by atoms with Crippen molar-refractivity contribution >= 4 is 21.4 Å². The van der Waals surface area contributed by atoms with E-state index in [9.17, 15) is 18.5 Å². The quantitative estimate of drug-likeness (QED) is 0.460. The summed E-state index contributed by atoms with van der Waals surface area (Å²) in [4.78, 5) is 10.0. The standard InChI is InChI=1S/C11H16N4O4S/c1-2-14(8-3-4-8)20(18,19)11-7-9(15(16)17)5-6-10(11)13-12/h5-8,13H,2-4,12H2,1H3. The Morgan fingerprint density at radius 1 is 1.50 bits per heavy atom. The van der Waals surface area contributed by atoms with Crippen LogP contribution in [0.3, 0.4) is 0 Å². The van der Waals surface area contributed by atoms with Crippen molar-refractivity contribution in [2.45, 2.75) is 30.7 Å². The number of rotatable bonds is 6. The molecule has 3 N–H and O–H groups in total. The first-order valence-corrected chi connectivity index (χ1v) is 7.62. The second-order valence-corrected chi connectivity index (χ2v) is 6.38. The van der Waals surface area contributed by atoms with Crippen LogP contribution >= 0.6 is 0 Å². The number of nitrogens with two attached hydrogens (primary N) is 1. The molecule has 0 saturated heterocycles. The van der Waals surface area contributed by atoms with Crippen LogP contribution in [0.4, 0.5) is 11.4 Å². The second kappa shape index (κ2) is 5.35. The summed E-state index contributed by atoms with van der Waals surface area (Å²) in [5, 5.41) is 10.8. The van der Waals surface area contributed by atoms with E-state index in [0.717, 1.165) is 18.9 Å². The maximum atomic E-state index is 12.6. The highest BCUT2D eigenvalue weighted by atomic mass is 32.2. The average Bonchev–Trinajstić information content (AvgIpc) is 3.23. The summed E-state index contributed by atoms with van der Waals surface area (Å²) in [6.45, 7) is 2.06. The Balaban J connectivity index is 2.53. The molecule has 1 aliphatic rings. The van der Waals surface area contributed by atoms with Gasteiger partial charge in [-0.1, -0.05) is 6.92 Å². The van der Waals surface area contributed by atoms with Gasteiger partial charge in [-0.05, 0) is 18.9 Å². The predicted molar refractivity (Wildman–Crippen MR) is 73.5 cm³/mol. The van der Waals surface area contributed by atoms with E-state index in [1.807, 2.05) is 0 Å². The largest absolute Gasteiger partial charge is 0.323 e. The van der Waals surface area contributed by atoms with Crippen LogP contribution in [0.1, 0.15) is 19.8 Å². The minimum Gasteiger partial charge on any atom is -0.323 e. The topological polar surface area (TPSA) is 119 Å². The van der Waals surface area contributed by atoms with Gasteiger partial charge in [0.2, 0.25) is 10.0 Å². The molecule has 9 heteroatoms. The minimum absolute atomic E-state index is 0.0186. The number of nitrogens with one attached hydrogen (secondary N) is 1. The van der Waals surface area contributed by atoms with E-state index in [4.69, 9.17) is 5.84 Å². The van der Waals surface area contributed by atoms with Gasteiger partial charge in [0, 0.05) is 24.7 Å². The summed E-state index contributed by atoms with van der Waals surface area (Å²) < 4.78 is 26.6. The molecule has 2 rings (SSSR count). The molecular weight excluding hydrogens is 284 g/mol. The second-order valence-electron chi connectivity index (χ2n) is 4.52. The molecule has 0 bridgehead atoms. The van der Waals surface area contributed by atoms with E-state index < -0.39 is 14.9 Å². The summed E-state index contributed by atoms with van der Waals surface area (Å²) in [5.74, 6) is 5.30. The van der Waals surface area contributed by atoms with Crippen molar-refractivity contribution in [1.82, 2.24) is 4.31 Å². The highest BCUT2D eigenvalue weighted by molar-refractivity contribution is 7.89. The normalized spacial score (nSPS) is 15.3. The summed E-state index contributed by atoms with van der Waals surface area (Å²) in [6, 6.07) is 3.53. The Hall–Kier alpha value is -1.71. The number of benzene rings is 1. The lowest BCUT2D eigenvalue weighted by Crippen LogP contribution is -2.33. The van der Waals surface area contributed by atoms with Crippen molar-refractivity contribution in [1.29, 1.82) is 0 Å². The number of nitrogens with zero attached hydrogens (tertiary/aromatic N) is 2. The summed E-state index contributed by atoms with van der Waals surface area (Å²) >= 11 is 0. The molecule has 20 heavy (non-hydrogen) atoms. The third-order valence-corrected chi connectivity index (χ3v) is 5.25. The van der Waals surface area contributed by atoms with Gasteiger partial charge in [0.05, 0.1) is 10.6 Å². The van der Waals surface area contributed by atoms with Crippen molar-refractivity contribution in [3.63, 3.8) is 0 Å². The highest BCUT2D eigenvalue weighted by Gasteiger charge is 2.38. The van der Waals surface area contributed by atoms with Gasteiger partial charge in [-0.3, -0.25) is 16.0 Å². The van der Waals surface area contributed by atoms with Gasteiger partial charge >= 0.3 is 0 Å². The number of hydrogen-bond donors (Lipinski definition) is 2. The molecule has 110 valence electrons. The van der Waals surface area contributed by atoms with Gasteiger partial charge < -0.3 is 5.43 Å². The molecule has 1 aromatic rings. The molecule has 0 aromatic heterocycles. The number of hydrogen-bond acceptors (Lipinski definition) is 6. The molecule has 0 aliphatic heterocycles. The van der Waals surface area contributed by atoms with Gasteiger partial charge in [-0.2, -0.15) is 4.31 Å². The van der Waals surface area contributed by atoms with Crippen LogP contribution in [0.2, 0.25) is 0 Å². The highest BCUT2D eigenvalue weighted by Crippen LogP contribution is 2.35. The number of sulfonamides is 1. The van der Waals surface area contributed by atoms with E-state index in [-0.39, 0.29) is 22.3 Å². The molecule has 0 atom stereocenters. The lowest BCUT2D eigenvalue weighted by atomic mass is 10.3. The first kappa shape index (κ1) is 14.7. The van der Waals surface area contributed by atoms with E-state index in [2.05, 4.69) is 5.43 Å². The lowest BCUT2D eigenvalue weighted by Gasteiger charge is -2.21. The Kier molecular flexibility index (Phi) is 3.93. The minimum atomic E-state index is -3.80. The number of anilines is 1. The fourth-order valence-corrected chi connectivity index (χ4v) is 3.94. The van der Waals surface area contributed by atoms with E-state index in [1.165, 1.54) is 16.4 Å². The fraction of sp³-hybridized carbons (Fsp3) is 0.455. The van der Waals surface area contributed by atoms with Gasteiger partial charge in [0.25, 0.3) is 5.69 Å². The van der Waals surface area contributed by atoms with Crippen LogP contribution in [0.15, 0.2) is 23.1 Å². The monoisotopic (exact) mass is 300 g/mol. The maximum Gasteiger partial charge on any atom is 0.270 e. The first-order valence-electron chi connectivity index (χ1n) is 6.18. The molecule has 1 aromatic carbocycles. The van der Waals surface area contributed by atoms with Crippen molar-refractivity contribution in [3.8, 4) is 0 Å². The van der Waals surface area contributed by atoms with Gasteiger partial charge in [-0.15, -0.1) is 0 Å². The van der Waals surface area contributed by atoms with Crippen molar-refractivity contribution in [3.05, 3.63) is 28.3 Å². The van der Waals surface area contributed by atoms with Crippen LogP contribution < -0.4 is 11.3 Å². The molecule has 1 aliphatic carbocycles. The first-order chi connectivity index (χ1) is 9.41. The SMILES string of the molecule is CCN(C1CC1)S(=O)(=O)c1cc([N+](=O)[O-])ccc1NN. The van der Waals surface area contributed by atoms with Gasteiger partial charge in [-0.25, -0.2) is 8.42 Å². The number of nitro benzene ring substituents is 1. The zero-order valence-corrected chi connectivity index (χ0v) is 11.8. The van der Waals surface area contributed by atoms with Gasteiger partial charge in [0.1, 0.15) is 4.90 Å².